The van der Waals surface area contributed by atoms with Crippen LogP contribution in [0.4, 0.5) is 30.6 Å². The van der Waals surface area contributed by atoms with Gasteiger partial charge in [-0.1, -0.05) is 11.6 Å². The van der Waals surface area contributed by atoms with Crippen LogP contribution < -0.4 is 15.4 Å². The molecule has 1 saturated heterocycles. The van der Waals surface area contributed by atoms with Crippen LogP contribution in [-0.4, -0.2) is 55.1 Å². The second-order valence-corrected chi connectivity index (χ2v) is 6.77. The van der Waals surface area contributed by atoms with Gasteiger partial charge in [0.15, 0.2) is 0 Å². The first-order valence-corrected chi connectivity index (χ1v) is 9.22. The van der Waals surface area contributed by atoms with Gasteiger partial charge in [0, 0.05) is 30.4 Å². The minimum atomic E-state index is -4.59. The van der Waals surface area contributed by atoms with E-state index in [-0.39, 0.29) is 11.8 Å². The molecule has 3 rings (SSSR count). The van der Waals surface area contributed by atoms with Gasteiger partial charge in [-0.3, -0.25) is 4.79 Å². The minimum absolute atomic E-state index is 0.0736. The maximum Gasteiger partial charge on any atom is 0.421 e. The van der Waals surface area contributed by atoms with Gasteiger partial charge in [-0.05, 0) is 12.1 Å². The van der Waals surface area contributed by atoms with Crippen molar-refractivity contribution >= 4 is 35.5 Å². The Morgan fingerprint density at radius 3 is 2.80 bits per heavy atom. The standard InChI is InChI=1S/C18H19ClF3N5O3/c1-23-16-11(18(20,21)22)7-24-17(26-16)25-13-6-12(19)10(5-14(13)29-2)15-8-27(9-28)3-4-30-15/h5-7,9,15H,3-4,8H2,1-2H3,(H2,23,24,25,26). The molecule has 0 radical (unpaired) electrons. The lowest BCUT2D eigenvalue weighted by atomic mass is 10.1. The summed E-state index contributed by atoms with van der Waals surface area (Å²) in [5, 5.41) is 5.56. The Bertz CT molecular complexity index is 929. The number of aromatic nitrogens is 2. The zero-order valence-electron chi connectivity index (χ0n) is 16.1. The number of hydrogen-bond donors (Lipinski definition) is 2. The summed E-state index contributed by atoms with van der Waals surface area (Å²) in [5.41, 5.74) is -0.00365. The number of nitrogens with one attached hydrogen (secondary N) is 2. The summed E-state index contributed by atoms with van der Waals surface area (Å²) >= 11 is 6.41. The van der Waals surface area contributed by atoms with Gasteiger partial charge in [-0.2, -0.15) is 18.2 Å². The summed E-state index contributed by atoms with van der Waals surface area (Å²) in [4.78, 5) is 20.2. The molecule has 1 amide bonds. The van der Waals surface area contributed by atoms with Crippen LogP contribution in [0.1, 0.15) is 17.2 Å². The molecule has 2 heterocycles. The Labute approximate surface area is 175 Å². The summed E-state index contributed by atoms with van der Waals surface area (Å²) in [6.45, 7) is 1.20. The van der Waals surface area contributed by atoms with Gasteiger partial charge in [-0.15, -0.1) is 0 Å². The molecule has 1 fully saturated rings. The first kappa shape index (κ1) is 21.9. The third kappa shape index (κ3) is 4.68. The highest BCUT2D eigenvalue weighted by Gasteiger charge is 2.35. The number of ether oxygens (including phenoxy) is 2. The Kier molecular flexibility index (Phi) is 6.52. The molecule has 1 aromatic heterocycles. The van der Waals surface area contributed by atoms with Gasteiger partial charge in [0.2, 0.25) is 12.4 Å². The number of anilines is 3. The average molecular weight is 446 g/mol. The number of carbonyl (C=O) groups is 1. The van der Waals surface area contributed by atoms with E-state index in [1.807, 2.05) is 0 Å². The Morgan fingerprint density at radius 1 is 1.40 bits per heavy atom. The van der Waals surface area contributed by atoms with Crippen molar-refractivity contribution in [1.82, 2.24) is 14.9 Å². The van der Waals surface area contributed by atoms with E-state index in [0.717, 1.165) is 6.41 Å². The predicted molar refractivity (Wildman–Crippen MR) is 104 cm³/mol. The normalized spacial score (nSPS) is 16.9. The van der Waals surface area contributed by atoms with E-state index in [2.05, 4.69) is 20.6 Å². The van der Waals surface area contributed by atoms with Gasteiger partial charge in [0.05, 0.1) is 25.9 Å². The molecule has 1 aromatic carbocycles. The molecule has 1 aliphatic rings. The summed E-state index contributed by atoms with van der Waals surface area (Å²) < 4.78 is 50.2. The van der Waals surface area contributed by atoms with Gasteiger partial charge in [-0.25, -0.2) is 4.98 Å². The quantitative estimate of drug-likeness (QED) is 0.658. The largest absolute Gasteiger partial charge is 0.495 e. The van der Waals surface area contributed by atoms with E-state index in [0.29, 0.717) is 47.9 Å². The molecule has 0 bridgehead atoms. The smallest absolute Gasteiger partial charge is 0.421 e. The number of alkyl halides is 3. The Hall–Kier alpha value is -2.79. The molecule has 30 heavy (non-hydrogen) atoms. The van der Waals surface area contributed by atoms with E-state index < -0.39 is 17.8 Å². The van der Waals surface area contributed by atoms with E-state index >= 15 is 0 Å². The molecule has 1 atom stereocenters. The van der Waals surface area contributed by atoms with Crippen LogP contribution in [0.5, 0.6) is 5.75 Å². The van der Waals surface area contributed by atoms with Crippen molar-refractivity contribution in [3.63, 3.8) is 0 Å². The first-order valence-electron chi connectivity index (χ1n) is 8.84. The van der Waals surface area contributed by atoms with Gasteiger partial charge in [0.25, 0.3) is 0 Å². The fourth-order valence-corrected chi connectivity index (χ4v) is 3.28. The van der Waals surface area contributed by atoms with Crippen LogP contribution in [0.2, 0.25) is 5.02 Å². The topological polar surface area (TPSA) is 88.6 Å². The summed E-state index contributed by atoms with van der Waals surface area (Å²) in [7, 11) is 2.77. The summed E-state index contributed by atoms with van der Waals surface area (Å²) in [5.74, 6) is -0.0857. The van der Waals surface area contributed by atoms with Crippen molar-refractivity contribution in [3.05, 3.63) is 34.5 Å². The summed E-state index contributed by atoms with van der Waals surface area (Å²) in [6, 6.07) is 3.19. The highest BCUT2D eigenvalue weighted by atomic mass is 35.5. The molecular formula is C18H19ClF3N5O3. The second kappa shape index (κ2) is 8.92. The maximum atomic E-state index is 13.0. The number of carbonyl (C=O) groups excluding carboxylic acids is 1. The lowest BCUT2D eigenvalue weighted by molar-refractivity contribution is -0.137. The third-order valence-corrected chi connectivity index (χ3v) is 4.82. The second-order valence-electron chi connectivity index (χ2n) is 6.36. The van der Waals surface area contributed by atoms with E-state index in [1.54, 1.807) is 17.0 Å². The maximum absolute atomic E-state index is 13.0. The van der Waals surface area contributed by atoms with Crippen molar-refractivity contribution in [3.8, 4) is 5.75 Å². The van der Waals surface area contributed by atoms with E-state index in [1.165, 1.54) is 14.2 Å². The first-order chi connectivity index (χ1) is 14.3. The molecule has 12 heteroatoms. The lowest BCUT2D eigenvalue weighted by Gasteiger charge is -2.31. The number of benzene rings is 1. The summed E-state index contributed by atoms with van der Waals surface area (Å²) in [6.07, 6.45) is -3.59. The van der Waals surface area contributed by atoms with Gasteiger partial charge in [0.1, 0.15) is 23.2 Å². The molecule has 162 valence electrons. The SMILES string of the molecule is CNc1nc(Nc2cc(Cl)c(C3CN(C=O)CCO3)cc2OC)ncc1C(F)(F)F. The number of methoxy groups -OCH3 is 1. The molecular weight excluding hydrogens is 427 g/mol. The third-order valence-electron chi connectivity index (χ3n) is 4.49. The van der Waals surface area contributed by atoms with Crippen molar-refractivity contribution in [1.29, 1.82) is 0 Å². The molecule has 0 spiro atoms. The van der Waals surface area contributed by atoms with E-state index in [4.69, 9.17) is 21.1 Å². The zero-order chi connectivity index (χ0) is 21.9. The molecule has 1 aliphatic heterocycles. The number of rotatable bonds is 6. The fourth-order valence-electron chi connectivity index (χ4n) is 3.00. The van der Waals surface area contributed by atoms with Crippen LogP contribution in [0.15, 0.2) is 18.3 Å². The molecule has 1 unspecified atom stereocenters. The van der Waals surface area contributed by atoms with Crippen molar-refractivity contribution in [2.45, 2.75) is 12.3 Å². The van der Waals surface area contributed by atoms with Crippen molar-refractivity contribution in [2.75, 3.05) is 44.5 Å². The number of morpholine rings is 1. The van der Waals surface area contributed by atoms with Crippen LogP contribution in [0, 0.1) is 0 Å². The number of hydrogen-bond acceptors (Lipinski definition) is 7. The number of halogens is 4. The van der Waals surface area contributed by atoms with Crippen LogP contribution in [-0.2, 0) is 15.7 Å². The lowest BCUT2D eigenvalue weighted by Crippen LogP contribution is -2.37. The Morgan fingerprint density at radius 2 is 2.17 bits per heavy atom. The highest BCUT2D eigenvalue weighted by Crippen LogP contribution is 2.38. The Balaban J connectivity index is 1.90. The molecule has 2 aromatic rings. The van der Waals surface area contributed by atoms with Crippen LogP contribution in [0.3, 0.4) is 0 Å². The van der Waals surface area contributed by atoms with Gasteiger partial charge < -0.3 is 25.0 Å². The monoisotopic (exact) mass is 445 g/mol. The van der Waals surface area contributed by atoms with Crippen LogP contribution in [0.25, 0.3) is 0 Å². The molecule has 8 nitrogen and oxygen atoms in total. The predicted octanol–water partition coefficient (Wildman–Crippen LogP) is 3.47. The van der Waals surface area contributed by atoms with Gasteiger partial charge >= 0.3 is 6.18 Å². The number of amides is 1. The van der Waals surface area contributed by atoms with Crippen LogP contribution >= 0.6 is 11.6 Å². The highest BCUT2D eigenvalue weighted by molar-refractivity contribution is 6.31. The minimum Gasteiger partial charge on any atom is -0.495 e. The molecule has 2 N–H and O–H groups in total. The van der Waals surface area contributed by atoms with Crippen molar-refractivity contribution in [2.24, 2.45) is 0 Å². The fraction of sp³-hybridized carbons (Fsp3) is 0.389. The van der Waals surface area contributed by atoms with E-state index in [9.17, 15) is 18.0 Å². The molecule has 0 aliphatic carbocycles. The average Bonchev–Trinajstić information content (AvgIpc) is 2.73. The zero-order valence-corrected chi connectivity index (χ0v) is 16.8. The van der Waals surface area contributed by atoms with Crippen molar-refractivity contribution < 1.29 is 27.4 Å². The molecule has 0 saturated carbocycles. The number of nitrogens with zero attached hydrogens (tertiary/aromatic N) is 3.